The van der Waals surface area contributed by atoms with Gasteiger partial charge in [-0.3, -0.25) is 34.9 Å². The number of amides is 4. The van der Waals surface area contributed by atoms with Gasteiger partial charge in [0.05, 0.1) is 38.3 Å². The van der Waals surface area contributed by atoms with Crippen molar-refractivity contribution in [1.82, 2.24) is 41.2 Å². The number of guanidine groups is 1. The van der Waals surface area contributed by atoms with E-state index in [1.54, 1.807) is 20.9 Å². The predicted octanol–water partition coefficient (Wildman–Crippen LogP) is 7.26. The molecule has 28 heteroatoms. The number of aryl methyl sites for hydroxylation is 2. The average Bonchev–Trinajstić information content (AvgIpc) is 3.42. The van der Waals surface area contributed by atoms with Crippen LogP contribution in [-0.2, 0) is 31.9 Å². The van der Waals surface area contributed by atoms with Gasteiger partial charge in [0, 0.05) is 32.1 Å². The molecule has 2 unspecified atom stereocenters. The Morgan fingerprint density at radius 3 is 1.60 bits per heavy atom. The summed E-state index contributed by atoms with van der Waals surface area (Å²) in [6.07, 6.45) is 1.27. The fraction of sp³-hybridized carbons (Fsp3) is 0.574. The molecule has 2 aromatic carbocycles. The van der Waals surface area contributed by atoms with E-state index in [1.165, 1.54) is 0 Å². The maximum absolute atomic E-state index is 13.0. The van der Waals surface area contributed by atoms with Crippen molar-refractivity contribution in [3.8, 4) is 11.5 Å². The highest BCUT2D eigenvalue weighted by molar-refractivity contribution is 6.32. The van der Waals surface area contributed by atoms with Gasteiger partial charge >= 0.3 is 0 Å². The molecule has 0 aliphatic heterocycles. The zero-order valence-corrected chi connectivity index (χ0v) is 55.6. The van der Waals surface area contributed by atoms with Crippen LogP contribution >= 0.6 is 23.2 Å². The van der Waals surface area contributed by atoms with Crippen LogP contribution in [0.2, 0.25) is 10.3 Å². The minimum Gasteiger partial charge on any atom is -0.485 e. The number of unbranched alkanes of at least 4 members (excludes halogenated alkanes) is 2. The van der Waals surface area contributed by atoms with Crippen LogP contribution in [0.15, 0.2) is 53.5 Å². The first-order valence-corrected chi connectivity index (χ1v) is 30.0. The summed E-state index contributed by atoms with van der Waals surface area (Å²) >= 11 is 11.9. The lowest BCUT2D eigenvalue weighted by Gasteiger charge is -2.31. The van der Waals surface area contributed by atoms with Gasteiger partial charge in [0.15, 0.2) is 63.1 Å². The second-order valence-electron chi connectivity index (χ2n) is 21.7. The Balaban J connectivity index is 0. The first-order valence-electron chi connectivity index (χ1n) is 29.3. The summed E-state index contributed by atoms with van der Waals surface area (Å²) < 4.78 is 24.4. The zero-order valence-electron chi connectivity index (χ0n) is 54.1. The number of carbonyl (C=O) groups is 4. The van der Waals surface area contributed by atoms with E-state index in [0.717, 1.165) is 49.6 Å². The number of aliphatic hydroxyl groups excluding tert-OH is 2. The van der Waals surface area contributed by atoms with E-state index in [0.29, 0.717) is 36.8 Å². The Kier molecular flexibility index (Phi) is 40.0. The van der Waals surface area contributed by atoms with Gasteiger partial charge in [0.25, 0.3) is 23.6 Å². The number of anilines is 4. The number of rotatable bonds is 31. The Hall–Kier alpha value is -7.36. The summed E-state index contributed by atoms with van der Waals surface area (Å²) in [5.41, 5.74) is 26.3. The van der Waals surface area contributed by atoms with E-state index in [4.69, 9.17) is 70.5 Å². The van der Waals surface area contributed by atoms with Gasteiger partial charge in [-0.05, 0) is 115 Å². The molecule has 0 saturated carbocycles. The number of ether oxygens (including phenoxy) is 4. The molecule has 18 N–H and O–H groups in total. The number of aliphatic imine (C=N–C) groups is 1. The zero-order chi connectivity index (χ0) is 67.4. The summed E-state index contributed by atoms with van der Waals surface area (Å²) in [5, 5.41) is 40.3. The summed E-state index contributed by atoms with van der Waals surface area (Å²) in [7, 11) is 1.63. The lowest BCUT2D eigenvalue weighted by atomic mass is 9.94. The van der Waals surface area contributed by atoms with Gasteiger partial charge in [-0.1, -0.05) is 110 Å². The molecule has 89 heavy (non-hydrogen) atoms. The third-order valence-electron chi connectivity index (χ3n) is 11.6. The molecule has 2 aromatic heterocycles. The number of aromatic nitrogens is 4. The van der Waals surface area contributed by atoms with Crippen LogP contribution in [0.4, 0.5) is 23.3 Å². The van der Waals surface area contributed by atoms with E-state index in [2.05, 4.69) is 57.2 Å². The molecule has 0 bridgehead atoms. The van der Waals surface area contributed by atoms with Gasteiger partial charge in [-0.2, -0.15) is 0 Å². The second kappa shape index (κ2) is 42.5. The van der Waals surface area contributed by atoms with Crippen molar-refractivity contribution in [2.75, 3.05) is 75.6 Å². The van der Waals surface area contributed by atoms with Crippen molar-refractivity contribution in [2.45, 2.75) is 172 Å². The minimum absolute atomic E-state index is 0. The minimum atomic E-state index is -2.05. The van der Waals surface area contributed by atoms with Crippen molar-refractivity contribution in [1.29, 1.82) is 5.41 Å². The van der Waals surface area contributed by atoms with Crippen molar-refractivity contribution in [3.05, 3.63) is 81.4 Å². The van der Waals surface area contributed by atoms with Crippen molar-refractivity contribution in [3.63, 3.8) is 0 Å². The summed E-state index contributed by atoms with van der Waals surface area (Å²) in [5.74, 6) is -1.84. The molecule has 4 rings (SSSR count). The highest BCUT2D eigenvalue weighted by Gasteiger charge is 2.35. The molecule has 26 nitrogen and oxygen atoms in total. The van der Waals surface area contributed by atoms with E-state index < -0.39 is 58.0 Å². The number of aliphatic hydroxyl groups is 2. The van der Waals surface area contributed by atoms with Crippen molar-refractivity contribution >= 4 is 82.4 Å². The van der Waals surface area contributed by atoms with Gasteiger partial charge in [-0.25, -0.2) is 19.9 Å². The van der Waals surface area contributed by atoms with Crippen molar-refractivity contribution in [2.24, 2.45) is 21.9 Å². The second-order valence-corrected chi connectivity index (χ2v) is 22.4. The number of nitrogen functional groups attached to an aromatic ring is 3. The lowest BCUT2D eigenvalue weighted by molar-refractivity contribution is -0.147. The SMILES string of the molecule is C.CC.CC.CC.CNc1nc(N)c(C(=O)NCCCCc2ccc(OC(C)(C)COCC(C)(C)CNC(=O)C(O)C(O)C(=O)NC(C)(C)COCC(C)(C)Oc3ccc(CCCCN=C(N)NC(=O)c4nc(Cl)c(N)nc4N)cc3)cc2)nc1Cl.N=CN. The molecule has 502 valence electrons. The fourth-order valence-corrected chi connectivity index (χ4v) is 7.79. The molecule has 0 saturated heterocycles. The predicted molar refractivity (Wildman–Crippen MR) is 358 cm³/mol. The molecule has 2 heterocycles. The molecule has 2 atom stereocenters. The number of nitrogens with one attached hydrogen (secondary N) is 6. The van der Waals surface area contributed by atoms with Gasteiger partial charge < -0.3 is 79.1 Å². The van der Waals surface area contributed by atoms with Gasteiger partial charge in [0.1, 0.15) is 22.7 Å². The number of halogens is 2. The highest BCUT2D eigenvalue weighted by atomic mass is 35.5. The summed E-state index contributed by atoms with van der Waals surface area (Å²) in [6, 6.07) is 15.4. The quantitative estimate of drug-likeness (QED) is 0.0134. The molecule has 0 aliphatic rings. The van der Waals surface area contributed by atoms with Gasteiger partial charge in [-0.15, -0.1) is 0 Å². The van der Waals surface area contributed by atoms with Crippen LogP contribution < -0.4 is 64.7 Å². The average molecular weight is 1290 g/mol. The van der Waals surface area contributed by atoms with E-state index in [1.807, 2.05) is 132 Å². The van der Waals surface area contributed by atoms with E-state index in [-0.39, 0.29) is 85.5 Å². The molecule has 0 fully saturated rings. The van der Waals surface area contributed by atoms with Crippen molar-refractivity contribution < 1.29 is 48.3 Å². The number of hydrogen-bond donors (Lipinski definition) is 13. The lowest BCUT2D eigenvalue weighted by Crippen LogP contribution is -2.56. The number of nitrogens with two attached hydrogens (primary N) is 5. The van der Waals surface area contributed by atoms with Crippen LogP contribution in [0.25, 0.3) is 0 Å². The normalized spacial score (nSPS) is 11.9. The molecule has 4 aromatic rings. The number of carbonyl (C=O) groups excluding carboxylic acids is 4. The van der Waals surface area contributed by atoms with E-state index >= 15 is 0 Å². The Bertz CT molecular complexity index is 2770. The van der Waals surface area contributed by atoms with Crippen LogP contribution in [0.5, 0.6) is 11.5 Å². The van der Waals surface area contributed by atoms with Gasteiger partial charge in [0.2, 0.25) is 0 Å². The summed E-state index contributed by atoms with van der Waals surface area (Å²) in [4.78, 5) is 70.8. The molecule has 0 radical (unpaired) electrons. The smallest absolute Gasteiger partial charge is 0.280 e. The van der Waals surface area contributed by atoms with Crippen LogP contribution in [-0.4, -0.2) is 148 Å². The molecular formula is C61H104Cl2N16O10. The summed E-state index contributed by atoms with van der Waals surface area (Å²) in [6.45, 7) is 28.1. The Morgan fingerprint density at radius 2 is 1.09 bits per heavy atom. The number of benzene rings is 2. The van der Waals surface area contributed by atoms with Crippen LogP contribution in [0.3, 0.4) is 0 Å². The standard InChI is InChI=1S/C53H78Cl2N14O10.3C2H6.CH4N2.CH4/c1-50(2,27-76-29-52(5,6)78-33-20-16-31(17-21-33)14-10-12-24-61-45(72)35-42(57)67-44(60-9)40(55)65-35)26-63-47(74)37(70)38(71)48(75)69-51(3,4)28-77-30-53(7,8)79-34-22-18-32(19-23-34)15-11-13-25-62-49(59)68-46(73)36-41(56)66-43(58)39(54)64-36;3*1-2;2-1-3;/h16-23,37-38,70-71H,10-15,24-30H2,1-9H3,(H,61,72)(H,63,74)(H,69,75)(H4,56,58,66)(H3,57,60,67)(H3,59,62,68,73);3*1-2H3;1H,(H3,2,3);1H4. The largest absolute Gasteiger partial charge is 0.485 e. The maximum atomic E-state index is 13.0. The number of nitrogens with zero attached hydrogens (tertiary/aromatic N) is 5. The molecular weight excluding hydrogens is 1190 g/mol. The molecule has 4 amide bonds. The molecule has 0 aliphatic carbocycles. The first-order chi connectivity index (χ1) is 41.4. The fourth-order valence-electron chi connectivity index (χ4n) is 7.44. The topological polar surface area (TPSA) is 424 Å². The third-order valence-corrected chi connectivity index (χ3v) is 12.1. The van der Waals surface area contributed by atoms with E-state index in [9.17, 15) is 29.4 Å². The Labute approximate surface area is 537 Å². The maximum Gasteiger partial charge on any atom is 0.280 e. The Morgan fingerprint density at radius 1 is 0.640 bits per heavy atom. The van der Waals surface area contributed by atoms with Crippen LogP contribution in [0, 0.1) is 10.8 Å². The first kappa shape index (κ1) is 83.7. The third kappa shape index (κ3) is 32.6. The van der Waals surface area contributed by atoms with Crippen LogP contribution in [0.1, 0.15) is 162 Å². The molecule has 0 spiro atoms. The highest BCUT2D eigenvalue weighted by Crippen LogP contribution is 2.25. The number of hydrogen-bond acceptors (Lipinski definition) is 20. The monoisotopic (exact) mass is 1290 g/mol.